The van der Waals surface area contributed by atoms with Crippen molar-refractivity contribution in [3.8, 4) is 0 Å². The molecule has 1 heteroatoms. The highest BCUT2D eigenvalue weighted by Gasteiger charge is 1.95. The first-order valence-corrected chi connectivity index (χ1v) is 5.47. The van der Waals surface area contributed by atoms with E-state index in [0.717, 1.165) is 6.42 Å². The highest BCUT2D eigenvalue weighted by atomic mass is 16.1. The highest BCUT2D eigenvalue weighted by molar-refractivity contribution is 5.72. The lowest BCUT2D eigenvalue weighted by Gasteiger charge is -2.05. The van der Waals surface area contributed by atoms with E-state index in [1.807, 2.05) is 19.1 Å². The van der Waals surface area contributed by atoms with E-state index in [1.54, 1.807) is 0 Å². The van der Waals surface area contributed by atoms with Crippen LogP contribution in [0.2, 0.25) is 0 Å². The number of ketones is 1. The van der Waals surface area contributed by atoms with Crippen molar-refractivity contribution in [2.24, 2.45) is 5.41 Å². The maximum absolute atomic E-state index is 9.44. The SMILES string of the molecule is C.C.C.CC(C)(C)C.CC(C)=O.CC=C=CCC. The molecule has 0 aliphatic carbocycles. The first-order valence-electron chi connectivity index (χ1n) is 5.47. The predicted molar refractivity (Wildman–Crippen MR) is 90.3 cm³/mol. The number of carbonyl (C=O) groups excluding carboxylic acids is 1. The smallest absolute Gasteiger partial charge is 0.126 e. The van der Waals surface area contributed by atoms with Crippen LogP contribution < -0.4 is 0 Å². The van der Waals surface area contributed by atoms with Gasteiger partial charge in [0.15, 0.2) is 0 Å². The van der Waals surface area contributed by atoms with Crippen molar-refractivity contribution in [3.63, 3.8) is 0 Å². The van der Waals surface area contributed by atoms with E-state index in [2.05, 4.69) is 40.3 Å². The average molecular weight is 261 g/mol. The Kier molecular flexibility index (Phi) is 50.3. The van der Waals surface area contributed by atoms with Crippen LogP contribution in [0.4, 0.5) is 0 Å². The molecule has 0 aliphatic heterocycles. The first kappa shape index (κ1) is 36.0. The second-order valence-electron chi connectivity index (χ2n) is 4.98. The lowest BCUT2D eigenvalue weighted by Crippen LogP contribution is -1.93. The third-order valence-corrected chi connectivity index (χ3v) is 0.489. The minimum absolute atomic E-state index is 0. The molecule has 1 nitrogen and oxygen atoms in total. The molecule has 0 bridgehead atoms. The predicted octanol–water partition coefficient (Wildman–Crippen LogP) is 6.68. The van der Waals surface area contributed by atoms with Gasteiger partial charge in [-0.25, -0.2) is 0 Å². The third kappa shape index (κ3) is 638. The molecule has 0 unspecified atom stereocenters. The lowest BCUT2D eigenvalue weighted by molar-refractivity contribution is -0.114. The fourth-order valence-electron chi connectivity index (χ4n) is 0.236. The summed E-state index contributed by atoms with van der Waals surface area (Å²) in [7, 11) is 0. The molecular weight excluding hydrogens is 220 g/mol. The quantitative estimate of drug-likeness (QED) is 0.480. The molecule has 0 radical (unpaired) electrons. The molecule has 0 fully saturated rings. The van der Waals surface area contributed by atoms with Gasteiger partial charge in [0, 0.05) is 0 Å². The molecule has 0 rings (SSSR count). The van der Waals surface area contributed by atoms with Gasteiger partial charge in [0.2, 0.25) is 0 Å². The molecule has 0 spiro atoms. The van der Waals surface area contributed by atoms with Crippen LogP contribution in [0.3, 0.4) is 0 Å². The Balaban J connectivity index is -0.0000000282. The zero-order chi connectivity index (χ0) is 12.9. The van der Waals surface area contributed by atoms with Gasteiger partial charge in [-0.05, 0) is 44.8 Å². The highest BCUT2D eigenvalue weighted by Crippen LogP contribution is 2.08. The molecular formula is C17H40O. The van der Waals surface area contributed by atoms with Crippen LogP contribution in [0, 0.1) is 5.41 Å². The van der Waals surface area contributed by atoms with Crippen molar-refractivity contribution in [1.82, 2.24) is 0 Å². The molecule has 0 N–H and O–H groups in total. The Labute approximate surface area is 118 Å². The Morgan fingerprint density at radius 1 is 1.06 bits per heavy atom. The number of carbonyl (C=O) groups is 1. The van der Waals surface area contributed by atoms with Crippen LogP contribution in [0.25, 0.3) is 0 Å². The van der Waals surface area contributed by atoms with Gasteiger partial charge >= 0.3 is 0 Å². The number of rotatable bonds is 1. The van der Waals surface area contributed by atoms with Crippen molar-refractivity contribution >= 4 is 5.78 Å². The molecule has 0 saturated carbocycles. The van der Waals surface area contributed by atoms with Crippen LogP contribution in [0.1, 0.15) is 84.1 Å². The zero-order valence-corrected chi connectivity index (χ0v) is 11.8. The summed E-state index contributed by atoms with van der Waals surface area (Å²) in [6.07, 6.45) is 4.99. The molecule has 0 aromatic heterocycles. The fraction of sp³-hybridized carbons (Fsp3) is 0.765. The molecule has 0 aliphatic rings. The van der Waals surface area contributed by atoms with Crippen LogP contribution in [-0.4, -0.2) is 5.78 Å². The Morgan fingerprint density at radius 2 is 1.28 bits per heavy atom. The van der Waals surface area contributed by atoms with Crippen molar-refractivity contribution < 1.29 is 4.79 Å². The van der Waals surface area contributed by atoms with Crippen LogP contribution in [-0.2, 0) is 4.79 Å². The summed E-state index contributed by atoms with van der Waals surface area (Å²) in [5.41, 5.74) is 3.45. The summed E-state index contributed by atoms with van der Waals surface area (Å²) < 4.78 is 0. The molecule has 0 aromatic carbocycles. The van der Waals surface area contributed by atoms with Crippen LogP contribution in [0.15, 0.2) is 17.9 Å². The number of hydrogen-bond donors (Lipinski definition) is 0. The van der Waals surface area contributed by atoms with Gasteiger partial charge in [-0.2, -0.15) is 0 Å². The molecule has 0 heterocycles. The number of allylic oxidation sites excluding steroid dienone is 1. The van der Waals surface area contributed by atoms with E-state index in [1.165, 1.54) is 13.8 Å². The van der Waals surface area contributed by atoms with Gasteiger partial charge in [-0.1, -0.05) is 56.9 Å². The summed E-state index contributed by atoms with van der Waals surface area (Å²) >= 11 is 0. The minimum Gasteiger partial charge on any atom is -0.300 e. The van der Waals surface area contributed by atoms with Crippen molar-refractivity contribution in [3.05, 3.63) is 17.9 Å². The van der Waals surface area contributed by atoms with E-state index in [-0.39, 0.29) is 28.1 Å². The maximum Gasteiger partial charge on any atom is 0.126 e. The Hall–Kier alpha value is -0.810. The van der Waals surface area contributed by atoms with Gasteiger partial charge in [0.1, 0.15) is 5.78 Å². The standard InChI is InChI=1S/C6H10.C5H12.C3H6O.3CH4/c1-3-5-6-4-2;1-5(2,3)4;1-3(2)4;;;/h3,6H,4H2,1-2H3;1-4H3;1-2H3;3*1H4. The summed E-state index contributed by atoms with van der Waals surface area (Å²) in [4.78, 5) is 9.44. The second-order valence-corrected chi connectivity index (χ2v) is 4.98. The third-order valence-electron chi connectivity index (χ3n) is 0.489. The molecule has 0 amide bonds. The van der Waals surface area contributed by atoms with Gasteiger partial charge in [-0.15, -0.1) is 5.73 Å². The normalized spacial score (nSPS) is 6.89. The van der Waals surface area contributed by atoms with Crippen molar-refractivity contribution in [1.29, 1.82) is 0 Å². The Morgan fingerprint density at radius 3 is 1.33 bits per heavy atom. The summed E-state index contributed by atoms with van der Waals surface area (Å²) in [5.74, 6) is 0.167. The van der Waals surface area contributed by atoms with Gasteiger partial charge in [0.25, 0.3) is 0 Å². The first-order chi connectivity index (χ1) is 6.65. The molecule has 18 heavy (non-hydrogen) atoms. The lowest BCUT2D eigenvalue weighted by atomic mass is 10.0. The van der Waals surface area contributed by atoms with E-state index in [9.17, 15) is 4.79 Å². The maximum atomic E-state index is 9.44. The van der Waals surface area contributed by atoms with Gasteiger partial charge < -0.3 is 4.79 Å². The van der Waals surface area contributed by atoms with Crippen LogP contribution >= 0.6 is 0 Å². The minimum atomic E-state index is 0. The summed E-state index contributed by atoms with van der Waals surface area (Å²) in [5, 5.41) is 0. The van der Waals surface area contributed by atoms with E-state index < -0.39 is 0 Å². The summed E-state index contributed by atoms with van der Waals surface area (Å²) in [6.45, 7) is 15.9. The van der Waals surface area contributed by atoms with Crippen LogP contribution in [0.5, 0.6) is 0 Å². The number of Topliss-reactive ketones (excluding diaryl/α,β-unsaturated/α-hetero) is 1. The molecule has 0 saturated heterocycles. The topological polar surface area (TPSA) is 17.1 Å². The van der Waals surface area contributed by atoms with E-state index >= 15 is 0 Å². The van der Waals surface area contributed by atoms with Crippen molar-refractivity contribution in [2.45, 2.75) is 84.1 Å². The average Bonchev–Trinajstić information content (AvgIpc) is 1.96. The second kappa shape index (κ2) is 25.1. The largest absolute Gasteiger partial charge is 0.300 e. The zero-order valence-electron chi connectivity index (χ0n) is 11.8. The van der Waals surface area contributed by atoms with Gasteiger partial charge in [0.05, 0.1) is 0 Å². The monoisotopic (exact) mass is 260 g/mol. The Bertz CT molecular complexity index is 178. The fourth-order valence-corrected chi connectivity index (χ4v) is 0.236. The summed E-state index contributed by atoms with van der Waals surface area (Å²) in [6, 6.07) is 0. The number of hydrogen-bond acceptors (Lipinski definition) is 1. The molecule has 114 valence electrons. The molecule has 0 aromatic rings. The van der Waals surface area contributed by atoms with E-state index in [0.29, 0.717) is 5.41 Å². The molecule has 0 atom stereocenters. The van der Waals surface area contributed by atoms with E-state index in [4.69, 9.17) is 0 Å². The van der Waals surface area contributed by atoms with Crippen molar-refractivity contribution in [2.75, 3.05) is 0 Å². The van der Waals surface area contributed by atoms with Gasteiger partial charge in [-0.3, -0.25) is 0 Å².